The normalized spacial score (nSPS) is 12.1. The first-order chi connectivity index (χ1) is 10.1. The Morgan fingerprint density at radius 3 is 2.50 bits per heavy atom. The second-order valence-electron chi connectivity index (χ2n) is 5.86. The first-order valence-electron chi connectivity index (χ1n) is 7.19. The van der Waals surface area contributed by atoms with E-state index in [1.807, 2.05) is 18.2 Å². The maximum Gasteiger partial charge on any atom is 0.397 e. The molecule has 122 valence electrons. The summed E-state index contributed by atoms with van der Waals surface area (Å²) in [7, 11) is -1.73. The molecule has 1 aromatic rings. The third kappa shape index (κ3) is 5.01. The van der Waals surface area contributed by atoms with Gasteiger partial charge >= 0.3 is 6.18 Å². The summed E-state index contributed by atoms with van der Waals surface area (Å²) in [5, 5.41) is 1.10. The molecule has 0 aromatic heterocycles. The van der Waals surface area contributed by atoms with Gasteiger partial charge in [-0.2, -0.15) is 13.2 Å². The number of hydrogen-bond donors (Lipinski definition) is 0. The van der Waals surface area contributed by atoms with E-state index < -0.39 is 26.6 Å². The molecule has 0 radical (unpaired) electrons. The summed E-state index contributed by atoms with van der Waals surface area (Å²) in [4.78, 5) is 13.1. The summed E-state index contributed by atoms with van der Waals surface area (Å²) in [6.07, 6.45) is -4.05. The first kappa shape index (κ1) is 18.5. The number of rotatable bonds is 6. The molecule has 1 aromatic carbocycles. The Hall–Kier alpha value is -1.56. The second-order valence-corrected chi connectivity index (χ2v) is 10.6. The molecule has 0 saturated heterocycles. The quantitative estimate of drug-likeness (QED) is 0.568. The molecule has 0 unspecified atom stereocenters. The molecule has 22 heavy (non-hydrogen) atoms. The highest BCUT2D eigenvalue weighted by atomic mass is 28.3. The third-order valence-corrected chi connectivity index (χ3v) is 6.75. The number of alkyl halides is 3. The summed E-state index contributed by atoms with van der Waals surface area (Å²) in [5.74, 6) is -0.921. The van der Waals surface area contributed by atoms with Gasteiger partial charge in [-0.25, -0.2) is 0 Å². The van der Waals surface area contributed by atoms with Crippen molar-refractivity contribution in [2.75, 3.05) is 11.4 Å². The molecule has 0 N–H and O–H groups in total. The van der Waals surface area contributed by atoms with E-state index >= 15 is 0 Å². The average Bonchev–Trinajstić information content (AvgIpc) is 2.37. The van der Waals surface area contributed by atoms with Crippen LogP contribution in [0.25, 0.3) is 0 Å². The maximum atomic E-state index is 12.4. The van der Waals surface area contributed by atoms with Crippen LogP contribution in [0.2, 0.25) is 19.1 Å². The minimum atomic E-state index is -4.49. The monoisotopic (exact) mass is 329 g/mol. The van der Waals surface area contributed by atoms with Crippen molar-refractivity contribution in [1.29, 1.82) is 0 Å². The van der Waals surface area contributed by atoms with Crippen molar-refractivity contribution in [1.82, 2.24) is 0 Å². The van der Waals surface area contributed by atoms with E-state index in [-0.39, 0.29) is 6.54 Å². The molecule has 0 spiro atoms. The Bertz CT molecular complexity index is 540. The summed E-state index contributed by atoms with van der Waals surface area (Å²) in [6, 6.07) is 8.17. The molecule has 0 heterocycles. The minimum absolute atomic E-state index is 0.210. The number of allylic oxidation sites excluding steroid dienone is 1. The van der Waals surface area contributed by atoms with E-state index in [0.717, 1.165) is 11.2 Å². The van der Waals surface area contributed by atoms with Crippen LogP contribution >= 0.6 is 0 Å². The fraction of sp³-hybridized carbons (Fsp3) is 0.438. The van der Waals surface area contributed by atoms with Gasteiger partial charge in [0.25, 0.3) is 0 Å². The molecule has 0 aliphatic rings. The standard InChI is InChI=1S/C16H22F3NOSi/c1-5-10-22(3,4)14-9-7-8-13(11-14)20(6-2)15(21)12-16(17,18)19/h5,7-9,11H,1,6,10,12H2,2-4H3. The third-order valence-electron chi connectivity index (χ3n) is 3.56. The Morgan fingerprint density at radius 2 is 2.00 bits per heavy atom. The highest BCUT2D eigenvalue weighted by Gasteiger charge is 2.33. The van der Waals surface area contributed by atoms with Gasteiger partial charge in [0, 0.05) is 12.2 Å². The molecule has 1 amide bonds. The van der Waals surface area contributed by atoms with Gasteiger partial charge in [-0.1, -0.05) is 36.5 Å². The number of benzene rings is 1. The van der Waals surface area contributed by atoms with Crippen molar-refractivity contribution in [2.45, 2.75) is 38.7 Å². The lowest BCUT2D eigenvalue weighted by Gasteiger charge is -2.26. The lowest BCUT2D eigenvalue weighted by atomic mass is 10.2. The van der Waals surface area contributed by atoms with Gasteiger partial charge in [0.1, 0.15) is 6.42 Å². The zero-order chi connectivity index (χ0) is 17.0. The Labute approximate surface area is 130 Å². The van der Waals surface area contributed by atoms with E-state index in [1.54, 1.807) is 19.1 Å². The van der Waals surface area contributed by atoms with Gasteiger partial charge in [0.15, 0.2) is 0 Å². The molecular weight excluding hydrogens is 307 g/mol. The van der Waals surface area contributed by atoms with Crippen LogP contribution in [0.15, 0.2) is 36.9 Å². The van der Waals surface area contributed by atoms with E-state index in [9.17, 15) is 18.0 Å². The van der Waals surface area contributed by atoms with Crippen LogP contribution in [0.4, 0.5) is 18.9 Å². The number of amides is 1. The largest absolute Gasteiger partial charge is 0.397 e. The number of nitrogens with zero attached hydrogens (tertiary/aromatic N) is 1. The predicted molar refractivity (Wildman–Crippen MR) is 87.3 cm³/mol. The van der Waals surface area contributed by atoms with Gasteiger partial charge in [-0.05, 0) is 25.1 Å². The second kappa shape index (κ2) is 7.13. The van der Waals surface area contributed by atoms with Crippen LogP contribution in [0.3, 0.4) is 0 Å². The molecule has 0 aliphatic carbocycles. The van der Waals surface area contributed by atoms with Gasteiger partial charge in [0.2, 0.25) is 5.91 Å². The molecule has 0 atom stereocenters. The fourth-order valence-corrected chi connectivity index (χ4v) is 4.39. The van der Waals surface area contributed by atoms with Crippen molar-refractivity contribution in [3.8, 4) is 0 Å². The van der Waals surface area contributed by atoms with Crippen molar-refractivity contribution in [3.63, 3.8) is 0 Å². The molecule has 1 rings (SSSR count). The molecule has 2 nitrogen and oxygen atoms in total. The molecule has 0 aliphatic heterocycles. The molecule has 0 bridgehead atoms. The zero-order valence-corrected chi connectivity index (χ0v) is 14.2. The van der Waals surface area contributed by atoms with Gasteiger partial charge in [-0.3, -0.25) is 4.79 Å². The SMILES string of the molecule is C=CC[Si](C)(C)c1cccc(N(CC)C(=O)CC(F)(F)F)c1. The van der Waals surface area contributed by atoms with Crippen LogP contribution in [0.5, 0.6) is 0 Å². The van der Waals surface area contributed by atoms with E-state index in [1.165, 1.54) is 4.90 Å². The van der Waals surface area contributed by atoms with Gasteiger partial charge in [-0.15, -0.1) is 6.58 Å². The lowest BCUT2D eigenvalue weighted by molar-refractivity contribution is -0.151. The van der Waals surface area contributed by atoms with Crippen molar-refractivity contribution in [2.24, 2.45) is 0 Å². The van der Waals surface area contributed by atoms with E-state index in [0.29, 0.717) is 5.69 Å². The molecule has 0 fully saturated rings. The molecule has 0 saturated carbocycles. The average molecular weight is 329 g/mol. The zero-order valence-electron chi connectivity index (χ0n) is 13.2. The Balaban J connectivity index is 3.09. The maximum absolute atomic E-state index is 12.4. The van der Waals surface area contributed by atoms with Crippen molar-refractivity contribution >= 4 is 24.9 Å². The van der Waals surface area contributed by atoms with Gasteiger partial charge < -0.3 is 4.90 Å². The van der Waals surface area contributed by atoms with Crippen LogP contribution < -0.4 is 10.1 Å². The Kier molecular flexibility index (Phi) is 5.99. The van der Waals surface area contributed by atoms with E-state index in [2.05, 4.69) is 19.7 Å². The fourth-order valence-electron chi connectivity index (χ4n) is 2.34. The number of anilines is 1. The van der Waals surface area contributed by atoms with Crippen molar-refractivity contribution in [3.05, 3.63) is 36.9 Å². The number of carbonyl (C=O) groups excluding carboxylic acids is 1. The van der Waals surface area contributed by atoms with Gasteiger partial charge in [0.05, 0.1) is 8.07 Å². The summed E-state index contributed by atoms with van der Waals surface area (Å²) >= 11 is 0. The summed E-state index contributed by atoms with van der Waals surface area (Å²) in [5.41, 5.74) is 0.527. The smallest absolute Gasteiger partial charge is 0.312 e. The highest BCUT2D eigenvalue weighted by molar-refractivity contribution is 6.90. The number of halogens is 3. The lowest BCUT2D eigenvalue weighted by Crippen LogP contribution is -2.41. The Morgan fingerprint density at radius 1 is 1.36 bits per heavy atom. The van der Waals surface area contributed by atoms with Crippen LogP contribution in [-0.4, -0.2) is 26.7 Å². The molecule has 6 heteroatoms. The molecular formula is C16H22F3NOSi. The summed E-state index contributed by atoms with van der Waals surface area (Å²) < 4.78 is 37.3. The first-order valence-corrected chi connectivity index (χ1v) is 10.4. The van der Waals surface area contributed by atoms with Crippen LogP contribution in [0, 0.1) is 0 Å². The van der Waals surface area contributed by atoms with Crippen LogP contribution in [0.1, 0.15) is 13.3 Å². The number of carbonyl (C=O) groups is 1. The van der Waals surface area contributed by atoms with Crippen LogP contribution in [-0.2, 0) is 4.79 Å². The van der Waals surface area contributed by atoms with E-state index in [4.69, 9.17) is 0 Å². The predicted octanol–water partition coefficient (Wildman–Crippen LogP) is 4.09. The minimum Gasteiger partial charge on any atom is -0.312 e. The topological polar surface area (TPSA) is 20.3 Å². The summed E-state index contributed by atoms with van der Waals surface area (Å²) in [6.45, 7) is 9.98. The van der Waals surface area contributed by atoms with Crippen molar-refractivity contribution < 1.29 is 18.0 Å². The highest BCUT2D eigenvalue weighted by Crippen LogP contribution is 2.23. The number of hydrogen-bond acceptors (Lipinski definition) is 1.